The number of hydrogen-bond donors (Lipinski definition) is 2. The van der Waals surface area contributed by atoms with Gasteiger partial charge in [0.2, 0.25) is 0 Å². The van der Waals surface area contributed by atoms with Crippen molar-refractivity contribution in [2.75, 3.05) is 25.1 Å². The molecule has 1 aromatic carbocycles. The molecule has 1 aliphatic rings. The smallest absolute Gasteiger partial charge is 0.340 e. The Morgan fingerprint density at radius 1 is 1.10 bits per heavy atom. The van der Waals surface area contributed by atoms with E-state index in [-0.39, 0.29) is 5.56 Å². The Morgan fingerprint density at radius 2 is 1.90 bits per heavy atom. The SMILES string of the molecule is Cc1nnc2ccc(C(=O)OCC(=O)NC(=O)Nc3ccc4c(c3)OCCO4)cn12. The highest BCUT2D eigenvalue weighted by atomic mass is 16.6. The molecule has 3 aromatic rings. The fourth-order valence-corrected chi connectivity index (χ4v) is 2.79. The van der Waals surface area contributed by atoms with Crippen molar-refractivity contribution in [3.05, 3.63) is 47.9 Å². The maximum absolute atomic E-state index is 12.2. The maximum atomic E-state index is 12.2. The van der Waals surface area contributed by atoms with Crippen LogP contribution in [0.2, 0.25) is 0 Å². The van der Waals surface area contributed by atoms with Crippen LogP contribution in [0.3, 0.4) is 0 Å². The Labute approximate surface area is 169 Å². The first-order chi connectivity index (χ1) is 14.5. The van der Waals surface area contributed by atoms with Gasteiger partial charge in [0.25, 0.3) is 5.91 Å². The molecule has 154 valence electrons. The van der Waals surface area contributed by atoms with Crippen LogP contribution >= 0.6 is 0 Å². The van der Waals surface area contributed by atoms with Gasteiger partial charge in [0.05, 0.1) is 5.56 Å². The van der Waals surface area contributed by atoms with Crippen LogP contribution in [0.25, 0.3) is 5.65 Å². The number of esters is 1. The number of rotatable bonds is 4. The number of anilines is 1. The van der Waals surface area contributed by atoms with Crippen LogP contribution in [-0.4, -0.2) is 52.3 Å². The van der Waals surface area contributed by atoms with Gasteiger partial charge in [0.15, 0.2) is 23.8 Å². The molecule has 0 spiro atoms. The van der Waals surface area contributed by atoms with Crippen molar-refractivity contribution in [2.45, 2.75) is 6.92 Å². The molecule has 0 atom stereocenters. The Morgan fingerprint density at radius 3 is 2.73 bits per heavy atom. The molecule has 0 bridgehead atoms. The minimum absolute atomic E-state index is 0.221. The predicted octanol–water partition coefficient (Wildman–Crippen LogP) is 1.31. The van der Waals surface area contributed by atoms with Crippen LogP contribution in [0, 0.1) is 6.92 Å². The van der Waals surface area contributed by atoms with E-state index >= 15 is 0 Å². The second-order valence-corrected chi connectivity index (χ2v) is 6.33. The highest BCUT2D eigenvalue weighted by Crippen LogP contribution is 2.32. The lowest BCUT2D eigenvalue weighted by Gasteiger charge is -2.19. The third-order valence-corrected chi connectivity index (χ3v) is 4.20. The van der Waals surface area contributed by atoms with Crippen LogP contribution in [0.4, 0.5) is 10.5 Å². The minimum atomic E-state index is -0.778. The number of ether oxygens (including phenoxy) is 3. The molecule has 30 heavy (non-hydrogen) atoms. The Balaban J connectivity index is 1.29. The van der Waals surface area contributed by atoms with Crippen molar-refractivity contribution in [3.8, 4) is 11.5 Å². The number of benzene rings is 1. The summed E-state index contributed by atoms with van der Waals surface area (Å²) in [6.07, 6.45) is 1.51. The summed E-state index contributed by atoms with van der Waals surface area (Å²) in [5, 5.41) is 12.4. The van der Waals surface area contributed by atoms with E-state index in [1.165, 1.54) is 12.3 Å². The van der Waals surface area contributed by atoms with Crippen molar-refractivity contribution in [2.24, 2.45) is 0 Å². The molecule has 2 N–H and O–H groups in total. The number of carbonyl (C=O) groups is 3. The summed E-state index contributed by atoms with van der Waals surface area (Å²) in [5.74, 6) is 0.190. The molecule has 0 unspecified atom stereocenters. The number of carbonyl (C=O) groups excluding carboxylic acids is 3. The highest BCUT2D eigenvalue weighted by Gasteiger charge is 2.16. The van der Waals surface area contributed by atoms with Gasteiger partial charge in [-0.25, -0.2) is 9.59 Å². The molecule has 0 saturated heterocycles. The first-order valence-corrected chi connectivity index (χ1v) is 8.98. The standard InChI is InChI=1S/C19H17N5O6/c1-11-22-23-16-5-2-12(9-24(11)16)18(26)30-10-17(25)21-19(27)20-13-3-4-14-15(8-13)29-7-6-28-14/h2-5,8-9H,6-7,10H2,1H3,(H2,20,21,25,27). The van der Waals surface area contributed by atoms with E-state index in [0.29, 0.717) is 41.9 Å². The molecule has 0 saturated carbocycles. The molecule has 0 fully saturated rings. The number of nitrogens with one attached hydrogen (secondary N) is 2. The highest BCUT2D eigenvalue weighted by molar-refractivity contribution is 6.02. The molecule has 2 aromatic heterocycles. The largest absolute Gasteiger partial charge is 0.486 e. The molecule has 3 heterocycles. The van der Waals surface area contributed by atoms with E-state index in [9.17, 15) is 14.4 Å². The van der Waals surface area contributed by atoms with E-state index in [1.54, 1.807) is 35.6 Å². The van der Waals surface area contributed by atoms with E-state index in [1.807, 2.05) is 0 Å². The normalized spacial score (nSPS) is 12.3. The molecule has 3 amide bonds. The van der Waals surface area contributed by atoms with E-state index in [2.05, 4.69) is 20.8 Å². The van der Waals surface area contributed by atoms with Gasteiger partial charge < -0.3 is 19.5 Å². The van der Waals surface area contributed by atoms with Crippen LogP contribution in [-0.2, 0) is 9.53 Å². The first kappa shape index (κ1) is 19.2. The van der Waals surface area contributed by atoms with Crippen molar-refractivity contribution in [1.29, 1.82) is 0 Å². The summed E-state index contributed by atoms with van der Waals surface area (Å²) in [5.41, 5.74) is 1.22. The van der Waals surface area contributed by atoms with Gasteiger partial charge in [-0.2, -0.15) is 0 Å². The number of aryl methyl sites for hydroxylation is 1. The summed E-state index contributed by atoms with van der Waals surface area (Å²) in [6.45, 7) is 1.99. The van der Waals surface area contributed by atoms with E-state index in [4.69, 9.17) is 14.2 Å². The van der Waals surface area contributed by atoms with Gasteiger partial charge in [-0.05, 0) is 31.2 Å². The summed E-state index contributed by atoms with van der Waals surface area (Å²) in [4.78, 5) is 36.1. The van der Waals surface area contributed by atoms with Gasteiger partial charge >= 0.3 is 12.0 Å². The summed E-state index contributed by atoms with van der Waals surface area (Å²) >= 11 is 0. The van der Waals surface area contributed by atoms with Crippen molar-refractivity contribution in [1.82, 2.24) is 19.9 Å². The van der Waals surface area contributed by atoms with Crippen LogP contribution < -0.4 is 20.1 Å². The lowest BCUT2D eigenvalue weighted by molar-refractivity contribution is -0.123. The molecular weight excluding hydrogens is 394 g/mol. The first-order valence-electron chi connectivity index (χ1n) is 8.98. The molecule has 11 nitrogen and oxygen atoms in total. The van der Waals surface area contributed by atoms with Crippen LogP contribution in [0.5, 0.6) is 11.5 Å². The minimum Gasteiger partial charge on any atom is -0.486 e. The average Bonchev–Trinajstić information content (AvgIpc) is 3.12. The lowest BCUT2D eigenvalue weighted by atomic mass is 10.2. The Bertz CT molecular complexity index is 1140. The van der Waals surface area contributed by atoms with Gasteiger partial charge in [-0.15, -0.1) is 10.2 Å². The van der Waals surface area contributed by atoms with E-state index in [0.717, 1.165) is 0 Å². The fourth-order valence-electron chi connectivity index (χ4n) is 2.79. The van der Waals surface area contributed by atoms with Gasteiger partial charge in [-0.1, -0.05) is 0 Å². The number of aromatic nitrogens is 3. The molecule has 0 aliphatic carbocycles. The zero-order chi connectivity index (χ0) is 21.1. The number of amides is 3. The molecule has 11 heteroatoms. The monoisotopic (exact) mass is 411 g/mol. The Hall–Kier alpha value is -4.15. The number of imide groups is 1. The number of urea groups is 1. The summed E-state index contributed by atoms with van der Waals surface area (Å²) < 4.78 is 17.4. The number of hydrogen-bond acceptors (Lipinski definition) is 8. The van der Waals surface area contributed by atoms with Crippen LogP contribution in [0.15, 0.2) is 36.5 Å². The molecule has 1 aliphatic heterocycles. The third-order valence-electron chi connectivity index (χ3n) is 4.20. The van der Waals surface area contributed by atoms with Crippen LogP contribution in [0.1, 0.15) is 16.2 Å². The molecule has 4 rings (SSSR count). The number of nitrogens with zero attached hydrogens (tertiary/aromatic N) is 3. The Kier molecular flexibility index (Phi) is 5.16. The molecular formula is C19H17N5O6. The van der Waals surface area contributed by atoms with Gasteiger partial charge in [0.1, 0.15) is 19.0 Å². The zero-order valence-corrected chi connectivity index (χ0v) is 15.9. The van der Waals surface area contributed by atoms with Gasteiger partial charge in [0, 0.05) is 18.0 Å². The van der Waals surface area contributed by atoms with Gasteiger partial charge in [-0.3, -0.25) is 14.5 Å². The quantitative estimate of drug-likeness (QED) is 0.614. The maximum Gasteiger partial charge on any atom is 0.340 e. The number of fused-ring (bicyclic) bond motifs is 2. The third kappa shape index (κ3) is 4.14. The summed E-state index contributed by atoms with van der Waals surface area (Å²) in [6, 6.07) is 7.20. The molecule has 0 radical (unpaired) electrons. The second-order valence-electron chi connectivity index (χ2n) is 6.33. The van der Waals surface area contributed by atoms with E-state index < -0.39 is 24.5 Å². The zero-order valence-electron chi connectivity index (χ0n) is 15.9. The second kappa shape index (κ2) is 8.07. The van der Waals surface area contributed by atoms with Crippen molar-refractivity contribution < 1.29 is 28.6 Å². The number of pyridine rings is 1. The lowest BCUT2D eigenvalue weighted by Crippen LogP contribution is -2.37. The predicted molar refractivity (Wildman–Crippen MR) is 103 cm³/mol. The fraction of sp³-hybridized carbons (Fsp3) is 0.211. The summed E-state index contributed by atoms with van der Waals surface area (Å²) in [7, 11) is 0. The average molecular weight is 411 g/mol. The topological polar surface area (TPSA) is 133 Å². The van der Waals surface area contributed by atoms with Crippen molar-refractivity contribution in [3.63, 3.8) is 0 Å². The van der Waals surface area contributed by atoms with Crippen molar-refractivity contribution >= 4 is 29.2 Å².